The van der Waals surface area contributed by atoms with Crippen LogP contribution in [-0.2, 0) is 6.54 Å². The van der Waals surface area contributed by atoms with Crippen LogP contribution in [0.2, 0.25) is 0 Å². The molecule has 5 heteroatoms. The van der Waals surface area contributed by atoms with Crippen LogP contribution in [0.25, 0.3) is 0 Å². The largest absolute Gasteiger partial charge is 1.00 e. The molecule has 1 aliphatic heterocycles. The number of hydrogen-bond donors (Lipinski definition) is 0. The molecule has 3 nitrogen and oxygen atoms in total. The van der Waals surface area contributed by atoms with E-state index in [2.05, 4.69) is 36.5 Å². The van der Waals surface area contributed by atoms with Gasteiger partial charge in [-0.25, -0.2) is 0 Å². The van der Waals surface area contributed by atoms with E-state index in [0.717, 1.165) is 24.1 Å². The van der Waals surface area contributed by atoms with Gasteiger partial charge in [-0.05, 0) is 5.18 Å². The van der Waals surface area contributed by atoms with Crippen molar-refractivity contribution in [1.29, 1.82) is 0 Å². The van der Waals surface area contributed by atoms with Gasteiger partial charge < -0.3 is 16.9 Å². The molecule has 0 N–H and O–H groups in total. The summed E-state index contributed by atoms with van der Waals surface area (Å²) >= 11 is 6.10. The molecule has 1 saturated heterocycles. The lowest BCUT2D eigenvalue weighted by molar-refractivity contribution is -0.927. The predicted octanol–water partition coefficient (Wildman–Crippen LogP) is 0.132. The summed E-state index contributed by atoms with van der Waals surface area (Å²) in [5.41, 5.74) is 1.33. The maximum absolute atomic E-state index is 10.7. The van der Waals surface area contributed by atoms with E-state index in [-0.39, 0.29) is 12.4 Å². The number of piperidine rings is 1. The van der Waals surface area contributed by atoms with Crippen molar-refractivity contribution in [3.63, 3.8) is 0 Å². The Morgan fingerprint density at radius 2 is 1.83 bits per heavy atom. The number of hydrogen-bond acceptors (Lipinski definition) is 2. The molecule has 1 aromatic rings. The van der Waals surface area contributed by atoms with Crippen molar-refractivity contribution in [3.8, 4) is 0 Å². The van der Waals surface area contributed by atoms with Crippen LogP contribution in [-0.4, -0.2) is 29.6 Å². The minimum absolute atomic E-state index is 0. The SMILES string of the molecule is C[N+]1(Cc2ccccc2)CCC(Cl)(N=O)CC1.[Cl-]. The van der Waals surface area contributed by atoms with Crippen LogP contribution in [0.5, 0.6) is 0 Å². The number of likely N-dealkylation sites (tertiary alicyclic amines) is 1. The number of halogens is 2. The molecule has 1 heterocycles. The first-order valence-corrected chi connectivity index (χ1v) is 6.34. The molecule has 1 fully saturated rings. The van der Waals surface area contributed by atoms with Crippen LogP contribution in [0.1, 0.15) is 18.4 Å². The van der Waals surface area contributed by atoms with E-state index in [4.69, 9.17) is 11.6 Å². The molecule has 0 atom stereocenters. The normalized spacial score (nSPS) is 31.4. The van der Waals surface area contributed by atoms with E-state index in [1.54, 1.807) is 0 Å². The highest BCUT2D eigenvalue weighted by molar-refractivity contribution is 6.23. The fraction of sp³-hybridized carbons (Fsp3) is 0.538. The summed E-state index contributed by atoms with van der Waals surface area (Å²) in [6.45, 7) is 2.81. The topological polar surface area (TPSA) is 29.4 Å². The van der Waals surface area contributed by atoms with E-state index < -0.39 is 5.00 Å². The van der Waals surface area contributed by atoms with Crippen molar-refractivity contribution in [2.24, 2.45) is 5.18 Å². The summed E-state index contributed by atoms with van der Waals surface area (Å²) in [6.07, 6.45) is 1.34. The van der Waals surface area contributed by atoms with Gasteiger partial charge in [0.2, 0.25) is 0 Å². The highest BCUT2D eigenvalue weighted by atomic mass is 35.5. The Hall–Kier alpha value is -0.640. The molecular weight excluding hydrogens is 271 g/mol. The first-order valence-electron chi connectivity index (χ1n) is 5.96. The fourth-order valence-electron chi connectivity index (χ4n) is 2.39. The van der Waals surface area contributed by atoms with Gasteiger partial charge in [-0.1, -0.05) is 41.9 Å². The molecule has 0 aromatic heterocycles. The number of nitrogens with zero attached hydrogens (tertiary/aromatic N) is 2. The molecule has 0 spiro atoms. The minimum atomic E-state index is -0.853. The maximum Gasteiger partial charge on any atom is 0.186 e. The number of nitroso groups, excluding NO2 is 1. The maximum atomic E-state index is 10.7. The third-order valence-electron chi connectivity index (χ3n) is 3.64. The van der Waals surface area contributed by atoms with E-state index in [1.165, 1.54) is 5.56 Å². The molecular formula is C13H18Cl2N2O. The molecule has 18 heavy (non-hydrogen) atoms. The molecule has 100 valence electrons. The minimum Gasteiger partial charge on any atom is -1.00 e. The van der Waals surface area contributed by atoms with Gasteiger partial charge in [0.15, 0.2) is 5.00 Å². The van der Waals surface area contributed by atoms with Crippen LogP contribution in [0.3, 0.4) is 0 Å². The second kappa shape index (κ2) is 6.00. The van der Waals surface area contributed by atoms with Crippen molar-refractivity contribution in [3.05, 3.63) is 40.8 Å². The number of benzene rings is 1. The van der Waals surface area contributed by atoms with Gasteiger partial charge in [-0.2, -0.15) is 0 Å². The molecule has 0 saturated carbocycles. The zero-order valence-corrected chi connectivity index (χ0v) is 12.0. The Morgan fingerprint density at radius 3 is 2.33 bits per heavy atom. The van der Waals surface area contributed by atoms with Gasteiger partial charge >= 0.3 is 0 Å². The molecule has 0 radical (unpaired) electrons. The summed E-state index contributed by atoms with van der Waals surface area (Å²) in [4.78, 5) is 9.81. The van der Waals surface area contributed by atoms with Crippen LogP contribution < -0.4 is 12.4 Å². The van der Waals surface area contributed by atoms with Gasteiger partial charge in [0, 0.05) is 18.4 Å². The van der Waals surface area contributed by atoms with Crippen LogP contribution in [0.4, 0.5) is 0 Å². The molecule has 0 amide bonds. The lowest BCUT2D eigenvalue weighted by atomic mass is 10.0. The fourth-order valence-corrected chi connectivity index (χ4v) is 2.56. The molecule has 0 unspecified atom stereocenters. The van der Waals surface area contributed by atoms with Crippen molar-refractivity contribution in [2.75, 3.05) is 20.1 Å². The average Bonchev–Trinajstić information content (AvgIpc) is 2.35. The Balaban J connectivity index is 0.00000162. The predicted molar refractivity (Wildman–Crippen MR) is 69.7 cm³/mol. The summed E-state index contributed by atoms with van der Waals surface area (Å²) < 4.78 is 0.938. The van der Waals surface area contributed by atoms with Crippen LogP contribution in [0, 0.1) is 4.91 Å². The zero-order chi connectivity index (χ0) is 12.4. The third-order valence-corrected chi connectivity index (χ3v) is 4.09. The van der Waals surface area contributed by atoms with Crippen molar-refractivity contribution in [2.45, 2.75) is 24.4 Å². The number of quaternary nitrogens is 1. The van der Waals surface area contributed by atoms with Crippen LogP contribution >= 0.6 is 11.6 Å². The number of alkyl halides is 1. The van der Waals surface area contributed by atoms with Crippen molar-refractivity contribution >= 4 is 11.6 Å². The summed E-state index contributed by atoms with van der Waals surface area (Å²) in [5, 5.41) is 3.06. The van der Waals surface area contributed by atoms with E-state index in [0.29, 0.717) is 12.8 Å². The van der Waals surface area contributed by atoms with Gasteiger partial charge in [0.05, 0.1) is 20.1 Å². The first-order chi connectivity index (χ1) is 8.05. The van der Waals surface area contributed by atoms with Crippen LogP contribution in [0.15, 0.2) is 35.5 Å². The van der Waals surface area contributed by atoms with Gasteiger partial charge in [-0.3, -0.25) is 0 Å². The monoisotopic (exact) mass is 288 g/mol. The second-order valence-corrected chi connectivity index (χ2v) is 5.92. The van der Waals surface area contributed by atoms with Crippen molar-refractivity contribution in [1.82, 2.24) is 0 Å². The highest BCUT2D eigenvalue weighted by Crippen LogP contribution is 2.33. The Kier molecular flexibility index (Phi) is 5.14. The zero-order valence-electron chi connectivity index (χ0n) is 10.5. The quantitative estimate of drug-likeness (QED) is 0.337. The van der Waals surface area contributed by atoms with Crippen molar-refractivity contribution < 1.29 is 16.9 Å². The molecule has 1 aliphatic rings. The summed E-state index contributed by atoms with van der Waals surface area (Å²) in [7, 11) is 2.22. The van der Waals surface area contributed by atoms with Gasteiger partial charge in [-0.15, -0.1) is 4.91 Å². The van der Waals surface area contributed by atoms with E-state index >= 15 is 0 Å². The van der Waals surface area contributed by atoms with E-state index in [1.807, 2.05) is 6.07 Å². The summed E-state index contributed by atoms with van der Waals surface area (Å²) in [5.74, 6) is 0. The standard InChI is InChI=1S/C13H18ClN2O.ClH/c1-16(11-12-5-3-2-4-6-12)9-7-13(14,15-17)8-10-16;/h2-6H,7-11H2,1H3;1H/q+1;/p-1. The summed E-state index contributed by atoms with van der Waals surface area (Å²) in [6, 6.07) is 10.4. The molecule has 1 aromatic carbocycles. The third kappa shape index (κ3) is 3.67. The lowest BCUT2D eigenvalue weighted by Gasteiger charge is -2.41. The molecule has 2 rings (SSSR count). The number of rotatable bonds is 3. The Morgan fingerprint density at radius 1 is 1.28 bits per heavy atom. The van der Waals surface area contributed by atoms with Gasteiger partial charge in [0.1, 0.15) is 6.54 Å². The Labute approximate surface area is 119 Å². The van der Waals surface area contributed by atoms with E-state index in [9.17, 15) is 4.91 Å². The van der Waals surface area contributed by atoms with Gasteiger partial charge in [0.25, 0.3) is 0 Å². The Bertz CT molecular complexity index is 389. The second-order valence-electron chi connectivity index (χ2n) is 5.22. The smallest absolute Gasteiger partial charge is 0.186 e. The molecule has 0 aliphatic carbocycles. The first kappa shape index (κ1) is 15.4. The molecule has 0 bridgehead atoms. The lowest BCUT2D eigenvalue weighted by Crippen LogP contribution is -3.00. The average molecular weight is 289 g/mol. The highest BCUT2D eigenvalue weighted by Gasteiger charge is 2.40.